The van der Waals surface area contributed by atoms with Gasteiger partial charge in [-0.2, -0.15) is 18.3 Å². The van der Waals surface area contributed by atoms with Crippen LogP contribution in [0.3, 0.4) is 0 Å². The van der Waals surface area contributed by atoms with Crippen molar-refractivity contribution in [2.24, 2.45) is 0 Å². The van der Waals surface area contributed by atoms with Crippen molar-refractivity contribution >= 4 is 23.4 Å². The number of nitrogens with one attached hydrogen (secondary N) is 1. The minimum atomic E-state index is -4.52. The Labute approximate surface area is 157 Å². The zero-order chi connectivity index (χ0) is 19.3. The molecule has 3 aromatic rings. The molecule has 0 bridgehead atoms. The molecule has 27 heavy (non-hydrogen) atoms. The van der Waals surface area contributed by atoms with E-state index in [1.165, 1.54) is 0 Å². The second-order valence-corrected chi connectivity index (χ2v) is 6.67. The number of carbonyl (C=O) groups is 1. The van der Waals surface area contributed by atoms with Crippen LogP contribution in [-0.4, -0.2) is 20.7 Å². The molecule has 0 spiro atoms. The molecule has 0 saturated heterocycles. The van der Waals surface area contributed by atoms with E-state index in [0.29, 0.717) is 5.69 Å². The predicted octanol–water partition coefficient (Wildman–Crippen LogP) is 4.23. The van der Waals surface area contributed by atoms with Crippen molar-refractivity contribution in [2.75, 3.05) is 5.32 Å². The van der Waals surface area contributed by atoms with E-state index in [0.717, 1.165) is 33.2 Å². The van der Waals surface area contributed by atoms with Crippen LogP contribution in [0, 0.1) is 0 Å². The number of pyridine rings is 1. The molecule has 1 amide bonds. The number of halogens is 3. The van der Waals surface area contributed by atoms with Crippen molar-refractivity contribution in [1.29, 1.82) is 0 Å². The standard InChI is InChI=1S/C18H15F3N4OS/c19-18(20,21)16-7-9-25(24-16)11-17(26)23-14-3-5-15(6-4-14)27-12-13-2-1-8-22-10-13/h1-10H,11-12H2,(H,23,26). The fraction of sp³-hybridized carbons (Fsp3) is 0.167. The van der Waals surface area contributed by atoms with E-state index in [2.05, 4.69) is 15.4 Å². The van der Waals surface area contributed by atoms with E-state index in [1.54, 1.807) is 36.3 Å². The minimum absolute atomic E-state index is 0.298. The summed E-state index contributed by atoms with van der Waals surface area (Å²) in [5, 5.41) is 5.99. The highest BCUT2D eigenvalue weighted by molar-refractivity contribution is 7.98. The fourth-order valence-electron chi connectivity index (χ4n) is 2.23. The Balaban J connectivity index is 1.51. The van der Waals surface area contributed by atoms with E-state index in [-0.39, 0.29) is 6.54 Å². The van der Waals surface area contributed by atoms with E-state index >= 15 is 0 Å². The van der Waals surface area contributed by atoms with Crippen LogP contribution >= 0.6 is 11.8 Å². The van der Waals surface area contributed by atoms with Crippen molar-refractivity contribution in [1.82, 2.24) is 14.8 Å². The van der Waals surface area contributed by atoms with Crippen LogP contribution in [0.1, 0.15) is 11.3 Å². The number of alkyl halides is 3. The summed E-state index contributed by atoms with van der Waals surface area (Å²) >= 11 is 1.64. The van der Waals surface area contributed by atoms with Gasteiger partial charge in [0.2, 0.25) is 5.91 Å². The number of rotatable bonds is 6. The molecule has 0 radical (unpaired) electrons. The highest BCUT2D eigenvalue weighted by Crippen LogP contribution is 2.27. The van der Waals surface area contributed by atoms with Crippen LogP contribution in [0.15, 0.2) is 66.0 Å². The third-order valence-electron chi connectivity index (χ3n) is 3.50. The highest BCUT2D eigenvalue weighted by atomic mass is 32.2. The second-order valence-electron chi connectivity index (χ2n) is 5.62. The maximum atomic E-state index is 12.5. The number of carbonyl (C=O) groups excluding carboxylic acids is 1. The fourth-order valence-corrected chi connectivity index (χ4v) is 3.07. The van der Waals surface area contributed by atoms with E-state index < -0.39 is 17.8 Å². The van der Waals surface area contributed by atoms with Crippen molar-refractivity contribution in [3.8, 4) is 0 Å². The molecule has 0 fully saturated rings. The molecule has 0 aliphatic rings. The molecule has 5 nitrogen and oxygen atoms in total. The lowest BCUT2D eigenvalue weighted by atomic mass is 10.3. The van der Waals surface area contributed by atoms with Gasteiger partial charge in [0.05, 0.1) is 0 Å². The lowest BCUT2D eigenvalue weighted by Crippen LogP contribution is -2.19. The van der Waals surface area contributed by atoms with Crippen LogP contribution in [0.4, 0.5) is 18.9 Å². The molecule has 140 valence electrons. The molecule has 1 N–H and O–H groups in total. The molecular weight excluding hydrogens is 377 g/mol. The van der Waals surface area contributed by atoms with Gasteiger partial charge in [-0.15, -0.1) is 11.8 Å². The Bertz CT molecular complexity index is 895. The third-order valence-corrected chi connectivity index (χ3v) is 4.59. The molecule has 9 heteroatoms. The average molecular weight is 392 g/mol. The van der Waals surface area contributed by atoms with Crippen LogP contribution in [-0.2, 0) is 23.3 Å². The van der Waals surface area contributed by atoms with E-state index in [9.17, 15) is 18.0 Å². The Morgan fingerprint density at radius 3 is 2.56 bits per heavy atom. The number of benzene rings is 1. The minimum Gasteiger partial charge on any atom is -0.324 e. The lowest BCUT2D eigenvalue weighted by molar-refractivity contribution is -0.141. The monoisotopic (exact) mass is 392 g/mol. The Kier molecular flexibility index (Phi) is 5.80. The second kappa shape index (κ2) is 8.26. The molecular formula is C18H15F3N4OS. The first-order valence-electron chi connectivity index (χ1n) is 7.92. The van der Waals surface area contributed by atoms with E-state index in [4.69, 9.17) is 0 Å². The summed E-state index contributed by atoms with van der Waals surface area (Å²) in [6.45, 7) is -0.298. The third kappa shape index (κ3) is 5.58. The number of nitrogens with zero attached hydrogens (tertiary/aromatic N) is 3. The van der Waals surface area contributed by atoms with Gasteiger partial charge in [-0.25, -0.2) is 0 Å². The number of hydrogen-bond donors (Lipinski definition) is 1. The van der Waals surface area contributed by atoms with Gasteiger partial charge in [-0.3, -0.25) is 14.5 Å². The summed E-state index contributed by atoms with van der Waals surface area (Å²) < 4.78 is 38.5. The Hall–Kier alpha value is -2.81. The average Bonchev–Trinajstić information content (AvgIpc) is 3.11. The number of amides is 1. The van der Waals surface area contributed by atoms with Gasteiger partial charge in [0.25, 0.3) is 0 Å². The first kappa shape index (κ1) is 19.0. The van der Waals surface area contributed by atoms with Crippen LogP contribution < -0.4 is 5.32 Å². The topological polar surface area (TPSA) is 59.8 Å². The van der Waals surface area contributed by atoms with Crippen LogP contribution in [0.5, 0.6) is 0 Å². The Morgan fingerprint density at radius 1 is 1.15 bits per heavy atom. The summed E-state index contributed by atoms with van der Waals surface area (Å²) in [5.74, 6) is 0.322. The molecule has 0 aliphatic heterocycles. The summed E-state index contributed by atoms with van der Waals surface area (Å²) in [4.78, 5) is 17.1. The SMILES string of the molecule is O=C(Cn1ccc(C(F)(F)F)n1)Nc1ccc(SCc2cccnc2)cc1. The van der Waals surface area contributed by atoms with Gasteiger partial charge in [0.1, 0.15) is 6.54 Å². The first-order chi connectivity index (χ1) is 12.9. The molecule has 0 unspecified atom stereocenters. The van der Waals surface area contributed by atoms with Gasteiger partial charge in [-0.05, 0) is 42.0 Å². The maximum Gasteiger partial charge on any atom is 0.435 e. The van der Waals surface area contributed by atoms with Crippen molar-refractivity contribution in [3.05, 3.63) is 72.3 Å². The van der Waals surface area contributed by atoms with E-state index in [1.807, 2.05) is 24.3 Å². The van der Waals surface area contributed by atoms with Crippen molar-refractivity contribution in [3.63, 3.8) is 0 Å². The Morgan fingerprint density at radius 2 is 1.93 bits per heavy atom. The summed E-state index contributed by atoms with van der Waals surface area (Å²) in [5.41, 5.74) is 0.650. The molecule has 0 atom stereocenters. The van der Waals surface area contributed by atoms with Crippen LogP contribution in [0.2, 0.25) is 0 Å². The summed E-state index contributed by atoms with van der Waals surface area (Å²) in [6.07, 6.45) is 0.130. The van der Waals surface area contributed by atoms with Crippen molar-refractivity contribution < 1.29 is 18.0 Å². The van der Waals surface area contributed by atoms with Gasteiger partial charge in [-0.1, -0.05) is 6.07 Å². The van der Waals surface area contributed by atoms with Gasteiger partial charge < -0.3 is 5.32 Å². The lowest BCUT2D eigenvalue weighted by Gasteiger charge is -2.07. The van der Waals surface area contributed by atoms with Gasteiger partial charge in [0.15, 0.2) is 5.69 Å². The number of anilines is 1. The number of aromatic nitrogens is 3. The van der Waals surface area contributed by atoms with Crippen molar-refractivity contribution in [2.45, 2.75) is 23.4 Å². The largest absolute Gasteiger partial charge is 0.435 e. The molecule has 0 saturated carbocycles. The maximum absolute atomic E-state index is 12.5. The molecule has 3 rings (SSSR count). The zero-order valence-electron chi connectivity index (χ0n) is 14.0. The predicted molar refractivity (Wildman–Crippen MR) is 96.1 cm³/mol. The van der Waals surface area contributed by atoms with Crippen LogP contribution in [0.25, 0.3) is 0 Å². The number of thioether (sulfide) groups is 1. The molecule has 2 heterocycles. The quantitative estimate of drug-likeness (QED) is 0.638. The summed E-state index contributed by atoms with van der Waals surface area (Å²) in [7, 11) is 0. The van der Waals surface area contributed by atoms with Gasteiger partial charge >= 0.3 is 6.18 Å². The molecule has 2 aromatic heterocycles. The molecule has 0 aliphatic carbocycles. The highest BCUT2D eigenvalue weighted by Gasteiger charge is 2.33. The summed E-state index contributed by atoms with van der Waals surface area (Å²) in [6, 6.07) is 11.9. The zero-order valence-corrected chi connectivity index (χ0v) is 14.8. The van der Waals surface area contributed by atoms with Gasteiger partial charge in [0, 0.05) is 34.9 Å². The normalized spacial score (nSPS) is 11.4. The first-order valence-corrected chi connectivity index (χ1v) is 8.91. The molecule has 1 aromatic carbocycles. The number of hydrogen-bond acceptors (Lipinski definition) is 4. The smallest absolute Gasteiger partial charge is 0.324 e.